The van der Waals surface area contributed by atoms with Crippen LogP contribution in [0.4, 0.5) is 5.82 Å². The number of rotatable bonds is 5. The van der Waals surface area contributed by atoms with Gasteiger partial charge < -0.3 is 14.8 Å². The second-order valence-electron chi connectivity index (χ2n) is 7.65. The quantitative estimate of drug-likeness (QED) is 0.385. The van der Waals surface area contributed by atoms with Gasteiger partial charge in [0, 0.05) is 23.3 Å². The molecule has 2 N–H and O–H groups in total. The number of H-pyrrole nitrogens is 1. The van der Waals surface area contributed by atoms with Crippen molar-refractivity contribution in [1.82, 2.24) is 19.7 Å². The fourth-order valence-corrected chi connectivity index (χ4v) is 4.39. The summed E-state index contributed by atoms with van der Waals surface area (Å²) in [5.41, 5.74) is 1.96. The molecule has 6 rings (SSSR count). The molecule has 2 aromatic carbocycles. The summed E-state index contributed by atoms with van der Waals surface area (Å²) in [4.78, 5) is 33.9. The van der Waals surface area contributed by atoms with Crippen molar-refractivity contribution in [2.24, 2.45) is 0 Å². The highest BCUT2D eigenvalue weighted by molar-refractivity contribution is 7.13. The third kappa shape index (κ3) is 4.06. The largest absolute Gasteiger partial charge is 0.454 e. The SMILES string of the molecule is O=C(Nc1cc(-c2cccs2)nn1-c1nc(-c2ccccc2)cc(=O)[nH]1)c1ccc2c(c1)OCO2. The number of carbonyl (C=O) groups is 1. The highest BCUT2D eigenvalue weighted by Crippen LogP contribution is 2.33. The number of hydrogen-bond donors (Lipinski definition) is 2. The Kier molecular flexibility index (Phi) is 5.12. The van der Waals surface area contributed by atoms with E-state index in [-0.39, 0.29) is 24.2 Å². The third-order valence-electron chi connectivity index (χ3n) is 5.36. The van der Waals surface area contributed by atoms with Crippen LogP contribution in [-0.2, 0) is 0 Å². The second-order valence-corrected chi connectivity index (χ2v) is 8.59. The lowest BCUT2D eigenvalue weighted by molar-refractivity contribution is 0.102. The first kappa shape index (κ1) is 20.9. The molecule has 0 aliphatic carbocycles. The fraction of sp³-hybridized carbons (Fsp3) is 0.0400. The summed E-state index contributed by atoms with van der Waals surface area (Å²) in [5.74, 6) is 1.26. The number of carbonyl (C=O) groups excluding carboxylic acids is 1. The molecule has 0 unspecified atom stereocenters. The Morgan fingerprint density at radius 2 is 1.83 bits per heavy atom. The van der Waals surface area contributed by atoms with Crippen molar-refractivity contribution in [2.75, 3.05) is 12.1 Å². The van der Waals surface area contributed by atoms with Gasteiger partial charge in [-0.2, -0.15) is 9.78 Å². The second kappa shape index (κ2) is 8.58. The van der Waals surface area contributed by atoms with Gasteiger partial charge in [0.05, 0.1) is 10.6 Å². The van der Waals surface area contributed by atoms with Crippen LogP contribution >= 0.6 is 11.3 Å². The van der Waals surface area contributed by atoms with Crippen molar-refractivity contribution in [2.45, 2.75) is 0 Å². The average Bonchev–Trinajstić information content (AvgIpc) is 3.64. The Labute approximate surface area is 202 Å². The van der Waals surface area contributed by atoms with Crippen molar-refractivity contribution >= 4 is 23.1 Å². The summed E-state index contributed by atoms with van der Waals surface area (Å²) in [5, 5.41) is 9.46. The van der Waals surface area contributed by atoms with Gasteiger partial charge in [-0.15, -0.1) is 11.3 Å². The minimum absolute atomic E-state index is 0.119. The minimum atomic E-state index is -0.372. The summed E-state index contributed by atoms with van der Waals surface area (Å²) in [7, 11) is 0. The van der Waals surface area contributed by atoms with E-state index in [1.807, 2.05) is 47.8 Å². The van der Waals surface area contributed by atoms with Gasteiger partial charge in [0.1, 0.15) is 11.5 Å². The lowest BCUT2D eigenvalue weighted by Crippen LogP contribution is -2.18. The van der Waals surface area contributed by atoms with Gasteiger partial charge in [-0.05, 0) is 29.6 Å². The number of amides is 1. The van der Waals surface area contributed by atoms with E-state index in [2.05, 4.69) is 20.4 Å². The molecule has 1 aliphatic rings. The molecular formula is C25H17N5O4S. The molecule has 35 heavy (non-hydrogen) atoms. The van der Waals surface area contributed by atoms with Crippen molar-refractivity contribution in [3.63, 3.8) is 0 Å². The van der Waals surface area contributed by atoms with E-state index in [0.29, 0.717) is 34.3 Å². The third-order valence-corrected chi connectivity index (χ3v) is 6.25. The van der Waals surface area contributed by atoms with Crippen LogP contribution in [0.3, 0.4) is 0 Å². The zero-order valence-corrected chi connectivity index (χ0v) is 18.9. The monoisotopic (exact) mass is 483 g/mol. The molecule has 1 aliphatic heterocycles. The Hall–Kier alpha value is -4.70. The number of nitrogens with one attached hydrogen (secondary N) is 2. The summed E-state index contributed by atoms with van der Waals surface area (Å²) < 4.78 is 12.1. The number of aromatic amines is 1. The van der Waals surface area contributed by atoms with Crippen LogP contribution in [0.1, 0.15) is 10.4 Å². The molecule has 0 atom stereocenters. The molecule has 172 valence electrons. The molecule has 0 radical (unpaired) electrons. The predicted molar refractivity (Wildman–Crippen MR) is 131 cm³/mol. The van der Waals surface area contributed by atoms with E-state index < -0.39 is 0 Å². The van der Waals surface area contributed by atoms with Crippen molar-refractivity contribution in [3.8, 4) is 39.3 Å². The molecule has 9 nitrogen and oxygen atoms in total. The van der Waals surface area contributed by atoms with E-state index in [9.17, 15) is 9.59 Å². The van der Waals surface area contributed by atoms with Gasteiger partial charge in [-0.1, -0.05) is 36.4 Å². The molecule has 0 saturated carbocycles. The molecule has 3 aromatic heterocycles. The number of hydrogen-bond acceptors (Lipinski definition) is 7. The topological polar surface area (TPSA) is 111 Å². The van der Waals surface area contributed by atoms with E-state index in [0.717, 1.165) is 10.4 Å². The van der Waals surface area contributed by atoms with E-state index in [1.54, 1.807) is 24.3 Å². The van der Waals surface area contributed by atoms with Crippen LogP contribution in [0.5, 0.6) is 11.5 Å². The van der Waals surface area contributed by atoms with Gasteiger partial charge in [0.25, 0.3) is 11.5 Å². The zero-order valence-electron chi connectivity index (χ0n) is 18.1. The lowest BCUT2D eigenvalue weighted by atomic mass is 10.1. The number of benzene rings is 2. The van der Waals surface area contributed by atoms with Gasteiger partial charge in [0.15, 0.2) is 11.5 Å². The van der Waals surface area contributed by atoms with Crippen molar-refractivity contribution in [1.29, 1.82) is 0 Å². The lowest BCUT2D eigenvalue weighted by Gasteiger charge is -2.09. The first-order valence-electron chi connectivity index (χ1n) is 10.7. The molecule has 0 bridgehead atoms. The summed E-state index contributed by atoms with van der Waals surface area (Å²) in [6, 6.07) is 21.3. The molecule has 10 heteroatoms. The summed E-state index contributed by atoms with van der Waals surface area (Å²) >= 11 is 1.51. The van der Waals surface area contributed by atoms with E-state index >= 15 is 0 Å². The van der Waals surface area contributed by atoms with Crippen molar-refractivity contribution < 1.29 is 14.3 Å². The number of nitrogens with zero attached hydrogens (tertiary/aromatic N) is 3. The van der Waals surface area contributed by atoms with E-state index in [1.165, 1.54) is 22.1 Å². The predicted octanol–water partition coefficient (Wildman–Crippen LogP) is 4.33. The standard InChI is InChI=1S/C25H17N5O4S/c31-23-13-17(15-5-2-1-3-6-15)26-25(28-23)30-22(12-18(29-30)21-7-4-10-35-21)27-24(32)16-8-9-19-20(11-16)34-14-33-19/h1-13H,14H2,(H,27,32)(H,26,28,31). The van der Waals surface area contributed by atoms with Crippen LogP contribution < -0.4 is 20.3 Å². The minimum Gasteiger partial charge on any atom is -0.454 e. The number of anilines is 1. The maximum atomic E-state index is 13.1. The van der Waals surface area contributed by atoms with Crippen LogP contribution in [0, 0.1) is 0 Å². The van der Waals surface area contributed by atoms with Crippen LogP contribution in [0.25, 0.3) is 27.8 Å². The molecule has 0 fully saturated rings. The van der Waals surface area contributed by atoms with Gasteiger partial charge in [-0.3, -0.25) is 14.6 Å². The zero-order chi connectivity index (χ0) is 23.8. The van der Waals surface area contributed by atoms with E-state index in [4.69, 9.17) is 9.47 Å². The maximum absolute atomic E-state index is 13.1. The smallest absolute Gasteiger partial charge is 0.256 e. The van der Waals surface area contributed by atoms with Gasteiger partial charge in [0.2, 0.25) is 12.7 Å². The molecule has 1 amide bonds. The Bertz CT molecular complexity index is 1590. The first-order chi connectivity index (χ1) is 17.1. The van der Waals surface area contributed by atoms with Crippen LogP contribution in [-0.4, -0.2) is 32.4 Å². The van der Waals surface area contributed by atoms with Gasteiger partial charge in [-0.25, -0.2) is 4.98 Å². The normalized spacial score (nSPS) is 12.0. The molecular weight excluding hydrogens is 466 g/mol. The highest BCUT2D eigenvalue weighted by atomic mass is 32.1. The number of ether oxygens (including phenoxy) is 2. The molecule has 0 spiro atoms. The molecule has 0 saturated heterocycles. The fourth-order valence-electron chi connectivity index (χ4n) is 3.70. The Morgan fingerprint density at radius 3 is 2.66 bits per heavy atom. The van der Waals surface area contributed by atoms with Gasteiger partial charge >= 0.3 is 0 Å². The Morgan fingerprint density at radius 1 is 0.971 bits per heavy atom. The maximum Gasteiger partial charge on any atom is 0.256 e. The molecule has 5 aromatic rings. The summed E-state index contributed by atoms with van der Waals surface area (Å²) in [6.45, 7) is 0.119. The Balaban J connectivity index is 1.42. The highest BCUT2D eigenvalue weighted by Gasteiger charge is 2.20. The number of aromatic nitrogens is 4. The first-order valence-corrected chi connectivity index (χ1v) is 11.5. The summed E-state index contributed by atoms with van der Waals surface area (Å²) in [6.07, 6.45) is 0. The number of thiophene rings is 1. The van der Waals surface area contributed by atoms with Crippen LogP contribution in [0.15, 0.2) is 83.0 Å². The van der Waals surface area contributed by atoms with Crippen molar-refractivity contribution in [3.05, 3.63) is 94.1 Å². The average molecular weight is 484 g/mol. The number of fused-ring (bicyclic) bond motifs is 1. The van der Waals surface area contributed by atoms with Crippen LogP contribution in [0.2, 0.25) is 0 Å². The molecule has 4 heterocycles.